The van der Waals surface area contributed by atoms with Gasteiger partial charge < -0.3 is 15.3 Å². The first-order valence-electron chi connectivity index (χ1n) is 5.94. The summed E-state index contributed by atoms with van der Waals surface area (Å²) in [5.41, 5.74) is 0. The Morgan fingerprint density at radius 3 is 2.58 bits per heavy atom. The molecule has 0 aromatic heterocycles. The summed E-state index contributed by atoms with van der Waals surface area (Å²) in [5.74, 6) is -1.80. The summed E-state index contributed by atoms with van der Waals surface area (Å²) in [4.78, 5) is 24.0. The normalized spacial score (nSPS) is 21.9. The van der Waals surface area contributed by atoms with E-state index in [2.05, 4.69) is 5.32 Å². The number of urea groups is 1. The smallest absolute Gasteiger partial charge is 0.317 e. The molecule has 0 bridgehead atoms. The summed E-state index contributed by atoms with van der Waals surface area (Å²) in [6.45, 7) is 3.68. The number of hydrogen-bond acceptors (Lipinski definition) is 4. The fourth-order valence-corrected chi connectivity index (χ4v) is 2.92. The minimum absolute atomic E-state index is 0.0842. The largest absolute Gasteiger partial charge is 0.481 e. The van der Waals surface area contributed by atoms with Crippen molar-refractivity contribution in [2.45, 2.75) is 19.9 Å². The number of carboxylic acids is 1. The van der Waals surface area contributed by atoms with Crippen LogP contribution < -0.4 is 5.32 Å². The van der Waals surface area contributed by atoms with E-state index in [1.54, 1.807) is 6.92 Å². The zero-order chi connectivity index (χ0) is 14.6. The van der Waals surface area contributed by atoms with Crippen molar-refractivity contribution in [1.29, 1.82) is 0 Å². The van der Waals surface area contributed by atoms with Crippen LogP contribution in [0.3, 0.4) is 0 Å². The molecule has 0 spiro atoms. The quantitative estimate of drug-likeness (QED) is 0.744. The number of hydrogen-bond donors (Lipinski definition) is 2. The molecule has 0 aromatic rings. The highest BCUT2D eigenvalue weighted by molar-refractivity contribution is 7.94. The Morgan fingerprint density at radius 2 is 2.16 bits per heavy atom. The lowest BCUT2D eigenvalue weighted by molar-refractivity contribution is -0.141. The van der Waals surface area contributed by atoms with E-state index < -0.39 is 33.8 Å². The molecule has 19 heavy (non-hydrogen) atoms. The lowest BCUT2D eigenvalue weighted by atomic mass is 10.2. The Kier molecular flexibility index (Phi) is 4.93. The molecule has 1 aliphatic rings. The van der Waals surface area contributed by atoms with Crippen LogP contribution in [0, 0.1) is 5.92 Å². The van der Waals surface area contributed by atoms with Gasteiger partial charge in [-0.05, 0) is 13.0 Å². The van der Waals surface area contributed by atoms with Gasteiger partial charge in [0.2, 0.25) is 0 Å². The van der Waals surface area contributed by atoms with Crippen LogP contribution in [-0.4, -0.2) is 55.3 Å². The summed E-state index contributed by atoms with van der Waals surface area (Å²) in [5, 5.41) is 12.4. The Hall–Kier alpha value is -1.57. The second-order valence-electron chi connectivity index (χ2n) is 4.49. The molecule has 0 fully saturated rings. The van der Waals surface area contributed by atoms with Gasteiger partial charge in [0, 0.05) is 18.5 Å². The fourth-order valence-electron chi connectivity index (χ4n) is 1.68. The number of sulfone groups is 1. The molecule has 1 rings (SSSR count). The molecular formula is C11H18N2O5S. The highest BCUT2D eigenvalue weighted by Gasteiger charge is 2.26. The maximum absolute atomic E-state index is 11.9. The van der Waals surface area contributed by atoms with Crippen molar-refractivity contribution in [3.8, 4) is 0 Å². The van der Waals surface area contributed by atoms with Crippen molar-refractivity contribution in [1.82, 2.24) is 10.2 Å². The molecule has 0 saturated carbocycles. The molecule has 2 unspecified atom stereocenters. The summed E-state index contributed by atoms with van der Waals surface area (Å²) >= 11 is 0. The van der Waals surface area contributed by atoms with Gasteiger partial charge in [0.1, 0.15) is 0 Å². The molecule has 2 N–H and O–H groups in total. The average molecular weight is 290 g/mol. The van der Waals surface area contributed by atoms with E-state index >= 15 is 0 Å². The Balaban J connectivity index is 2.56. The third kappa shape index (κ3) is 4.55. The molecule has 0 saturated heterocycles. The van der Waals surface area contributed by atoms with Crippen molar-refractivity contribution < 1.29 is 23.1 Å². The van der Waals surface area contributed by atoms with Crippen molar-refractivity contribution in [2.75, 3.05) is 18.8 Å². The molecule has 2 amide bonds. The van der Waals surface area contributed by atoms with E-state index in [4.69, 9.17) is 5.11 Å². The number of amides is 2. The topological polar surface area (TPSA) is 104 Å². The zero-order valence-electron chi connectivity index (χ0n) is 10.9. The number of nitrogens with zero attached hydrogens (tertiary/aromatic N) is 1. The first-order valence-corrected chi connectivity index (χ1v) is 7.66. The number of aliphatic carboxylic acids is 1. The van der Waals surface area contributed by atoms with Gasteiger partial charge >= 0.3 is 12.0 Å². The number of carbonyl (C=O) groups is 2. The van der Waals surface area contributed by atoms with Crippen molar-refractivity contribution in [2.24, 2.45) is 5.92 Å². The Morgan fingerprint density at radius 1 is 1.53 bits per heavy atom. The minimum atomic E-state index is -3.22. The summed E-state index contributed by atoms with van der Waals surface area (Å²) in [7, 11) is -3.22. The van der Waals surface area contributed by atoms with Gasteiger partial charge in [-0.2, -0.15) is 0 Å². The lowest BCUT2D eigenvalue weighted by Gasteiger charge is -2.24. The van der Waals surface area contributed by atoms with Crippen LogP contribution in [0.2, 0.25) is 0 Å². The van der Waals surface area contributed by atoms with Gasteiger partial charge in [-0.3, -0.25) is 4.79 Å². The number of nitrogens with one attached hydrogen (secondary N) is 1. The second kappa shape index (κ2) is 6.05. The number of rotatable bonds is 5. The number of carboxylic acid groups (broad SMARTS) is 1. The minimum Gasteiger partial charge on any atom is -0.481 e. The van der Waals surface area contributed by atoms with E-state index in [0.29, 0.717) is 6.54 Å². The van der Waals surface area contributed by atoms with Crippen LogP contribution in [0.4, 0.5) is 4.79 Å². The van der Waals surface area contributed by atoms with Crippen molar-refractivity contribution >= 4 is 21.8 Å². The SMILES string of the molecule is CCN(CC(C)C(=O)O)C(=O)NC1C=CS(=O)(=O)C1. The van der Waals surface area contributed by atoms with E-state index in [-0.39, 0.29) is 12.3 Å². The standard InChI is InChI=1S/C11H18N2O5S/c1-3-13(6-8(2)10(14)15)11(16)12-9-4-5-19(17,18)7-9/h4-5,8-9H,3,6-7H2,1-2H3,(H,12,16)(H,14,15). The van der Waals surface area contributed by atoms with Crippen LogP contribution in [0.25, 0.3) is 0 Å². The fraction of sp³-hybridized carbons (Fsp3) is 0.636. The van der Waals surface area contributed by atoms with E-state index in [1.165, 1.54) is 17.9 Å². The maximum Gasteiger partial charge on any atom is 0.317 e. The summed E-state index contributed by atoms with van der Waals surface area (Å²) in [6.07, 6.45) is 1.42. The van der Waals surface area contributed by atoms with Gasteiger partial charge in [-0.15, -0.1) is 0 Å². The predicted octanol–water partition coefficient (Wildman–Crippen LogP) is 0.0493. The first kappa shape index (κ1) is 15.5. The highest BCUT2D eigenvalue weighted by Crippen LogP contribution is 2.09. The van der Waals surface area contributed by atoms with Gasteiger partial charge in [0.15, 0.2) is 9.84 Å². The highest BCUT2D eigenvalue weighted by atomic mass is 32.2. The summed E-state index contributed by atoms with van der Waals surface area (Å²) < 4.78 is 22.4. The maximum atomic E-state index is 11.9. The molecule has 0 radical (unpaired) electrons. The molecular weight excluding hydrogens is 272 g/mol. The van der Waals surface area contributed by atoms with E-state index in [9.17, 15) is 18.0 Å². The molecule has 2 atom stereocenters. The van der Waals surface area contributed by atoms with Gasteiger partial charge in [-0.1, -0.05) is 6.92 Å². The second-order valence-corrected chi connectivity index (χ2v) is 6.42. The van der Waals surface area contributed by atoms with E-state index in [1.807, 2.05) is 0 Å². The Labute approximate surface area is 112 Å². The van der Waals surface area contributed by atoms with E-state index in [0.717, 1.165) is 5.41 Å². The van der Waals surface area contributed by atoms with Crippen LogP contribution in [-0.2, 0) is 14.6 Å². The monoisotopic (exact) mass is 290 g/mol. The molecule has 108 valence electrons. The van der Waals surface area contributed by atoms with Crippen LogP contribution in [0.1, 0.15) is 13.8 Å². The molecule has 1 heterocycles. The molecule has 7 nitrogen and oxygen atoms in total. The number of carbonyl (C=O) groups excluding carboxylic acids is 1. The lowest BCUT2D eigenvalue weighted by Crippen LogP contribution is -2.47. The van der Waals surface area contributed by atoms with Crippen molar-refractivity contribution in [3.63, 3.8) is 0 Å². The van der Waals surface area contributed by atoms with Gasteiger partial charge in [-0.25, -0.2) is 13.2 Å². The molecule has 1 aliphatic heterocycles. The third-order valence-corrected chi connectivity index (χ3v) is 4.22. The summed E-state index contributed by atoms with van der Waals surface area (Å²) in [6, 6.07) is -1.01. The van der Waals surface area contributed by atoms with Crippen LogP contribution in [0.5, 0.6) is 0 Å². The van der Waals surface area contributed by atoms with Crippen molar-refractivity contribution in [3.05, 3.63) is 11.5 Å². The van der Waals surface area contributed by atoms with Crippen LogP contribution >= 0.6 is 0 Å². The third-order valence-electron chi connectivity index (χ3n) is 2.82. The Bertz CT molecular complexity index is 485. The van der Waals surface area contributed by atoms with Gasteiger partial charge in [0.05, 0.1) is 17.7 Å². The van der Waals surface area contributed by atoms with Gasteiger partial charge in [0.25, 0.3) is 0 Å². The first-order chi connectivity index (χ1) is 8.75. The molecule has 0 aromatic carbocycles. The zero-order valence-corrected chi connectivity index (χ0v) is 11.7. The van der Waals surface area contributed by atoms with Crippen LogP contribution in [0.15, 0.2) is 11.5 Å². The predicted molar refractivity (Wildman–Crippen MR) is 69.3 cm³/mol. The molecule has 8 heteroatoms. The average Bonchev–Trinajstić information content (AvgIpc) is 2.64. The molecule has 0 aliphatic carbocycles.